The number of aliphatic carboxylic acids is 1. The number of benzene rings is 2. The number of aliphatic imine (C=N–C) groups is 1. The van der Waals surface area contributed by atoms with Gasteiger partial charge in [-0.3, -0.25) is 4.99 Å². The standard InChI is InChI=1S/C22H25NO3/c1-4-5-6-20-16(2)18(10-14-22(24)25)9-13-21(20)23-15-17-7-11-19(26-3)12-8-17/h7-15H,4-6H2,1-3H3,(H,24,25). The summed E-state index contributed by atoms with van der Waals surface area (Å²) in [5.74, 6) is -0.127. The molecule has 1 N–H and O–H groups in total. The molecule has 0 aliphatic carbocycles. The zero-order chi connectivity index (χ0) is 18.9. The summed E-state index contributed by atoms with van der Waals surface area (Å²) in [6, 6.07) is 11.6. The molecule has 0 bridgehead atoms. The summed E-state index contributed by atoms with van der Waals surface area (Å²) in [5, 5.41) is 8.86. The maximum absolute atomic E-state index is 10.8. The number of hydrogen-bond acceptors (Lipinski definition) is 3. The lowest BCUT2D eigenvalue weighted by Gasteiger charge is -2.12. The predicted octanol–water partition coefficient (Wildman–Crippen LogP) is 5.19. The zero-order valence-corrected chi connectivity index (χ0v) is 15.5. The monoisotopic (exact) mass is 351 g/mol. The molecule has 0 aromatic heterocycles. The summed E-state index contributed by atoms with van der Waals surface area (Å²) in [5.41, 5.74) is 5.10. The number of hydrogen-bond donors (Lipinski definition) is 1. The molecule has 0 amide bonds. The highest BCUT2D eigenvalue weighted by molar-refractivity contribution is 5.86. The van der Waals surface area contributed by atoms with Crippen molar-refractivity contribution in [3.8, 4) is 5.75 Å². The van der Waals surface area contributed by atoms with Crippen LogP contribution in [0.4, 0.5) is 5.69 Å². The Bertz CT molecular complexity index is 805. The molecule has 0 radical (unpaired) electrons. The number of unbranched alkanes of at least 4 members (excludes halogenated alkanes) is 1. The van der Waals surface area contributed by atoms with Crippen LogP contribution in [-0.2, 0) is 11.2 Å². The van der Waals surface area contributed by atoms with Gasteiger partial charge in [-0.05, 0) is 78.4 Å². The lowest BCUT2D eigenvalue weighted by molar-refractivity contribution is -0.131. The first-order valence-corrected chi connectivity index (χ1v) is 8.76. The van der Waals surface area contributed by atoms with Crippen LogP contribution in [0.2, 0.25) is 0 Å². The lowest BCUT2D eigenvalue weighted by Crippen LogP contribution is -1.95. The third-order valence-corrected chi connectivity index (χ3v) is 4.27. The van der Waals surface area contributed by atoms with E-state index in [9.17, 15) is 4.79 Å². The molecule has 4 heteroatoms. The Kier molecular flexibility index (Phi) is 7.15. The van der Waals surface area contributed by atoms with Crippen molar-refractivity contribution in [2.75, 3.05) is 7.11 Å². The fraction of sp³-hybridized carbons (Fsp3) is 0.273. The molecule has 0 unspecified atom stereocenters. The molecule has 0 saturated heterocycles. The highest BCUT2D eigenvalue weighted by Crippen LogP contribution is 2.28. The Morgan fingerprint density at radius 3 is 2.54 bits per heavy atom. The fourth-order valence-electron chi connectivity index (χ4n) is 2.73. The van der Waals surface area contributed by atoms with Crippen LogP contribution in [0.15, 0.2) is 47.5 Å². The van der Waals surface area contributed by atoms with Gasteiger partial charge in [0.2, 0.25) is 0 Å². The molecule has 2 aromatic carbocycles. The van der Waals surface area contributed by atoms with Gasteiger partial charge < -0.3 is 9.84 Å². The van der Waals surface area contributed by atoms with Gasteiger partial charge in [0.05, 0.1) is 12.8 Å². The van der Waals surface area contributed by atoms with Crippen LogP contribution in [0.5, 0.6) is 5.75 Å². The number of carbonyl (C=O) groups is 1. The van der Waals surface area contributed by atoms with Crippen LogP contribution < -0.4 is 4.74 Å². The lowest BCUT2D eigenvalue weighted by atomic mass is 9.96. The molecule has 0 heterocycles. The molecule has 2 rings (SSSR count). The van der Waals surface area contributed by atoms with E-state index in [1.807, 2.05) is 49.5 Å². The summed E-state index contributed by atoms with van der Waals surface area (Å²) in [6.07, 6.45) is 7.74. The first-order valence-electron chi connectivity index (χ1n) is 8.76. The smallest absolute Gasteiger partial charge is 0.328 e. The Balaban J connectivity index is 2.34. The molecule has 26 heavy (non-hydrogen) atoms. The van der Waals surface area contributed by atoms with Gasteiger partial charge in [-0.25, -0.2) is 4.79 Å². The Morgan fingerprint density at radius 1 is 1.19 bits per heavy atom. The van der Waals surface area contributed by atoms with Gasteiger partial charge >= 0.3 is 5.97 Å². The summed E-state index contributed by atoms with van der Waals surface area (Å²) in [7, 11) is 1.65. The molecular formula is C22H25NO3. The van der Waals surface area contributed by atoms with Crippen molar-refractivity contribution in [3.05, 3.63) is 64.7 Å². The number of rotatable bonds is 8. The van der Waals surface area contributed by atoms with E-state index in [2.05, 4.69) is 11.9 Å². The quantitative estimate of drug-likeness (QED) is 0.525. The van der Waals surface area contributed by atoms with Crippen LogP contribution in [0.1, 0.15) is 42.0 Å². The second kappa shape index (κ2) is 9.56. The molecule has 0 fully saturated rings. The van der Waals surface area contributed by atoms with E-state index < -0.39 is 5.97 Å². The molecule has 136 valence electrons. The number of ether oxygens (including phenoxy) is 1. The number of nitrogens with zero attached hydrogens (tertiary/aromatic N) is 1. The summed E-state index contributed by atoms with van der Waals surface area (Å²) < 4.78 is 5.17. The molecule has 2 aromatic rings. The van der Waals surface area contributed by atoms with E-state index in [1.165, 1.54) is 11.6 Å². The van der Waals surface area contributed by atoms with Crippen molar-refractivity contribution < 1.29 is 14.6 Å². The first kappa shape index (κ1) is 19.4. The first-order chi connectivity index (χ1) is 12.5. The Hall–Kier alpha value is -2.88. The predicted molar refractivity (Wildman–Crippen MR) is 107 cm³/mol. The minimum atomic E-state index is -0.943. The van der Waals surface area contributed by atoms with Crippen LogP contribution in [0.25, 0.3) is 6.08 Å². The minimum Gasteiger partial charge on any atom is -0.497 e. The molecular weight excluding hydrogens is 326 g/mol. The van der Waals surface area contributed by atoms with E-state index in [0.717, 1.165) is 47.4 Å². The second-order valence-electron chi connectivity index (χ2n) is 6.08. The van der Waals surface area contributed by atoms with Crippen LogP contribution in [-0.4, -0.2) is 24.4 Å². The van der Waals surface area contributed by atoms with Crippen molar-refractivity contribution in [1.82, 2.24) is 0 Å². The van der Waals surface area contributed by atoms with Crippen molar-refractivity contribution in [1.29, 1.82) is 0 Å². The van der Waals surface area contributed by atoms with Gasteiger partial charge in [0.15, 0.2) is 0 Å². The molecule has 0 spiro atoms. The largest absolute Gasteiger partial charge is 0.497 e. The van der Waals surface area contributed by atoms with E-state index in [-0.39, 0.29) is 0 Å². The fourth-order valence-corrected chi connectivity index (χ4v) is 2.73. The highest BCUT2D eigenvalue weighted by Gasteiger charge is 2.08. The third-order valence-electron chi connectivity index (χ3n) is 4.27. The van der Waals surface area contributed by atoms with Gasteiger partial charge in [-0.2, -0.15) is 0 Å². The Morgan fingerprint density at radius 2 is 1.92 bits per heavy atom. The van der Waals surface area contributed by atoms with E-state index in [1.54, 1.807) is 13.2 Å². The van der Waals surface area contributed by atoms with Gasteiger partial charge in [-0.15, -0.1) is 0 Å². The average Bonchev–Trinajstić information content (AvgIpc) is 2.65. The maximum atomic E-state index is 10.8. The molecule has 0 aliphatic heterocycles. The number of methoxy groups -OCH3 is 1. The average molecular weight is 351 g/mol. The van der Waals surface area contributed by atoms with Gasteiger partial charge in [0.1, 0.15) is 5.75 Å². The van der Waals surface area contributed by atoms with Gasteiger partial charge in [0.25, 0.3) is 0 Å². The summed E-state index contributed by atoms with van der Waals surface area (Å²) >= 11 is 0. The third kappa shape index (κ3) is 5.31. The number of carboxylic acid groups (broad SMARTS) is 1. The molecule has 0 saturated carbocycles. The highest BCUT2D eigenvalue weighted by atomic mass is 16.5. The van der Waals surface area contributed by atoms with E-state index >= 15 is 0 Å². The minimum absolute atomic E-state index is 0.816. The van der Waals surface area contributed by atoms with Crippen molar-refractivity contribution in [3.63, 3.8) is 0 Å². The normalized spacial score (nSPS) is 11.3. The SMILES string of the molecule is CCCCc1c(N=Cc2ccc(OC)cc2)ccc(C=CC(=O)O)c1C. The summed E-state index contributed by atoms with van der Waals surface area (Å²) in [4.78, 5) is 15.5. The van der Waals surface area contributed by atoms with Crippen molar-refractivity contribution in [2.24, 2.45) is 4.99 Å². The molecule has 0 aliphatic rings. The van der Waals surface area contributed by atoms with E-state index in [4.69, 9.17) is 9.84 Å². The van der Waals surface area contributed by atoms with Gasteiger partial charge in [-0.1, -0.05) is 19.4 Å². The topological polar surface area (TPSA) is 58.9 Å². The second-order valence-corrected chi connectivity index (χ2v) is 6.08. The zero-order valence-electron chi connectivity index (χ0n) is 15.5. The van der Waals surface area contributed by atoms with Crippen LogP contribution in [0, 0.1) is 6.92 Å². The van der Waals surface area contributed by atoms with Crippen molar-refractivity contribution >= 4 is 23.9 Å². The summed E-state index contributed by atoms with van der Waals surface area (Å²) in [6.45, 7) is 4.18. The maximum Gasteiger partial charge on any atom is 0.328 e. The number of carboxylic acids is 1. The van der Waals surface area contributed by atoms with Gasteiger partial charge in [0, 0.05) is 12.3 Å². The van der Waals surface area contributed by atoms with Crippen LogP contribution >= 0.6 is 0 Å². The van der Waals surface area contributed by atoms with Crippen molar-refractivity contribution in [2.45, 2.75) is 33.1 Å². The molecule has 4 nitrogen and oxygen atoms in total. The van der Waals surface area contributed by atoms with E-state index in [0.29, 0.717) is 0 Å². The Labute approximate surface area is 154 Å². The van der Waals surface area contributed by atoms with Crippen LogP contribution in [0.3, 0.4) is 0 Å². The molecule has 0 atom stereocenters.